The van der Waals surface area contributed by atoms with Crippen LogP contribution in [0.4, 0.5) is 11.4 Å². The molecule has 0 radical (unpaired) electrons. The average Bonchev–Trinajstić information content (AvgIpc) is 2.49. The van der Waals surface area contributed by atoms with Gasteiger partial charge in [-0.25, -0.2) is 4.21 Å². The van der Waals surface area contributed by atoms with Gasteiger partial charge in [0.1, 0.15) is 0 Å². The van der Waals surface area contributed by atoms with Crippen LogP contribution in [0.1, 0.15) is 6.42 Å². The van der Waals surface area contributed by atoms with E-state index in [1.807, 2.05) is 48.5 Å². The number of quaternary nitrogens is 1. The van der Waals surface area contributed by atoms with E-state index >= 15 is 0 Å². The van der Waals surface area contributed by atoms with Crippen molar-refractivity contribution in [3.63, 3.8) is 0 Å². The van der Waals surface area contributed by atoms with E-state index < -0.39 is 10.8 Å². The SMILES string of the molecule is C[N+](C)([O-])CCCN1c2ccccc2S(=O)c2ccccc21. The minimum atomic E-state index is -1.14. The molecule has 0 amide bonds. The third-order valence-corrected chi connectivity index (χ3v) is 5.28. The van der Waals surface area contributed by atoms with Crippen molar-refractivity contribution in [1.82, 2.24) is 0 Å². The van der Waals surface area contributed by atoms with E-state index in [0.29, 0.717) is 6.54 Å². The molecule has 0 bridgehead atoms. The first-order chi connectivity index (χ1) is 10.5. The topological polar surface area (TPSA) is 43.4 Å². The van der Waals surface area contributed by atoms with Gasteiger partial charge in [0.25, 0.3) is 0 Å². The van der Waals surface area contributed by atoms with Crippen LogP contribution in [-0.2, 0) is 10.8 Å². The Labute approximate surface area is 133 Å². The summed E-state index contributed by atoms with van der Waals surface area (Å²) >= 11 is 0. The molecule has 3 rings (SSSR count). The molecule has 0 saturated carbocycles. The monoisotopic (exact) mass is 316 g/mol. The Morgan fingerprint density at radius 3 is 2.00 bits per heavy atom. The third-order valence-electron chi connectivity index (χ3n) is 3.79. The highest BCUT2D eigenvalue weighted by atomic mass is 32.2. The molecule has 0 saturated heterocycles. The van der Waals surface area contributed by atoms with Gasteiger partial charge in [0.15, 0.2) is 0 Å². The lowest BCUT2D eigenvalue weighted by molar-refractivity contribution is -0.840. The highest BCUT2D eigenvalue weighted by Crippen LogP contribution is 2.41. The van der Waals surface area contributed by atoms with Crippen molar-refractivity contribution in [2.45, 2.75) is 16.2 Å². The zero-order valence-corrected chi connectivity index (χ0v) is 13.7. The molecule has 0 unspecified atom stereocenters. The molecule has 2 aromatic rings. The molecular formula is C17H20N2O2S. The van der Waals surface area contributed by atoms with Gasteiger partial charge in [0.2, 0.25) is 0 Å². The number of hydroxylamine groups is 3. The summed E-state index contributed by atoms with van der Waals surface area (Å²) in [6.45, 7) is 1.30. The summed E-state index contributed by atoms with van der Waals surface area (Å²) in [5, 5.41) is 11.8. The van der Waals surface area contributed by atoms with Gasteiger partial charge in [-0.15, -0.1) is 0 Å². The number of fused-ring (bicyclic) bond motifs is 2. The first-order valence-corrected chi connectivity index (χ1v) is 8.54. The van der Waals surface area contributed by atoms with Crippen molar-refractivity contribution < 1.29 is 8.86 Å². The minimum Gasteiger partial charge on any atom is -0.633 e. The molecule has 2 aromatic carbocycles. The van der Waals surface area contributed by atoms with E-state index in [1.54, 1.807) is 14.1 Å². The number of rotatable bonds is 4. The first-order valence-electron chi connectivity index (χ1n) is 7.39. The Balaban J connectivity index is 1.96. The number of nitrogens with zero attached hydrogens (tertiary/aromatic N) is 2. The average molecular weight is 316 g/mol. The number of benzene rings is 2. The molecule has 4 nitrogen and oxygen atoms in total. The second kappa shape index (κ2) is 5.83. The standard InChI is InChI=1S/C17H20N2O2S/c1-19(2,20)13-7-12-18-14-8-3-5-10-16(14)22(21)17-11-6-4-9-15(17)18/h3-6,8-11H,7,12-13H2,1-2H3. The van der Waals surface area contributed by atoms with Gasteiger partial charge >= 0.3 is 0 Å². The van der Waals surface area contributed by atoms with Crippen molar-refractivity contribution in [2.24, 2.45) is 0 Å². The summed E-state index contributed by atoms with van der Waals surface area (Å²) in [5.74, 6) is 0. The zero-order chi connectivity index (χ0) is 15.7. The summed E-state index contributed by atoms with van der Waals surface area (Å²) in [6, 6.07) is 15.6. The van der Waals surface area contributed by atoms with Gasteiger partial charge in [-0.1, -0.05) is 24.3 Å². The summed E-state index contributed by atoms with van der Waals surface area (Å²) < 4.78 is 12.4. The van der Waals surface area contributed by atoms with Crippen LogP contribution in [-0.4, -0.2) is 36.0 Å². The second-order valence-electron chi connectivity index (χ2n) is 6.01. The number of anilines is 2. The van der Waals surface area contributed by atoms with Crippen molar-refractivity contribution in [1.29, 1.82) is 0 Å². The number of hydrogen-bond donors (Lipinski definition) is 0. The van der Waals surface area contributed by atoms with E-state index in [0.717, 1.165) is 34.1 Å². The smallest absolute Gasteiger partial charge is 0.0892 e. The number of hydrogen-bond acceptors (Lipinski definition) is 3. The second-order valence-corrected chi connectivity index (χ2v) is 7.42. The molecule has 116 valence electrons. The van der Waals surface area contributed by atoms with Crippen molar-refractivity contribution in [3.05, 3.63) is 53.7 Å². The van der Waals surface area contributed by atoms with Gasteiger partial charge in [-0.2, -0.15) is 0 Å². The van der Waals surface area contributed by atoms with Gasteiger partial charge in [0, 0.05) is 13.0 Å². The fraction of sp³-hybridized carbons (Fsp3) is 0.294. The van der Waals surface area contributed by atoms with Crippen LogP contribution >= 0.6 is 0 Å². The molecule has 1 heterocycles. The van der Waals surface area contributed by atoms with Crippen LogP contribution in [0, 0.1) is 5.21 Å². The lowest BCUT2D eigenvalue weighted by atomic mass is 10.2. The molecule has 0 spiro atoms. The maximum absolute atomic E-state index is 12.7. The molecular weight excluding hydrogens is 296 g/mol. The van der Waals surface area contributed by atoms with E-state index in [9.17, 15) is 9.42 Å². The summed E-state index contributed by atoms with van der Waals surface area (Å²) in [6.07, 6.45) is 0.784. The van der Waals surface area contributed by atoms with Crippen molar-refractivity contribution in [3.8, 4) is 0 Å². The highest BCUT2D eigenvalue weighted by Gasteiger charge is 2.27. The largest absolute Gasteiger partial charge is 0.633 e. The predicted octanol–water partition coefficient (Wildman–Crippen LogP) is 3.27. The highest BCUT2D eigenvalue weighted by molar-refractivity contribution is 7.85. The molecule has 0 aliphatic carbocycles. The quantitative estimate of drug-likeness (QED) is 0.642. The van der Waals surface area contributed by atoms with Crippen LogP contribution in [0.2, 0.25) is 0 Å². The predicted molar refractivity (Wildman–Crippen MR) is 89.5 cm³/mol. The Morgan fingerprint density at radius 2 is 1.50 bits per heavy atom. The van der Waals surface area contributed by atoms with Crippen LogP contribution in [0.5, 0.6) is 0 Å². The lowest BCUT2D eigenvalue weighted by Gasteiger charge is -2.36. The van der Waals surface area contributed by atoms with Crippen molar-refractivity contribution in [2.75, 3.05) is 32.1 Å². The normalized spacial score (nSPS) is 14.6. The van der Waals surface area contributed by atoms with E-state index in [1.165, 1.54) is 0 Å². The van der Waals surface area contributed by atoms with Gasteiger partial charge in [-0.05, 0) is 24.3 Å². The molecule has 1 aliphatic rings. The zero-order valence-electron chi connectivity index (χ0n) is 12.9. The third kappa shape index (κ3) is 2.92. The van der Waals surface area contributed by atoms with Crippen LogP contribution < -0.4 is 4.90 Å². The van der Waals surface area contributed by atoms with E-state index in [4.69, 9.17) is 0 Å². The molecule has 0 N–H and O–H groups in total. The fourth-order valence-corrected chi connectivity index (χ4v) is 4.15. The van der Waals surface area contributed by atoms with Gasteiger partial charge in [0.05, 0.1) is 52.6 Å². The fourth-order valence-electron chi connectivity index (χ4n) is 2.77. The van der Waals surface area contributed by atoms with E-state index in [2.05, 4.69) is 4.90 Å². The van der Waals surface area contributed by atoms with Gasteiger partial charge < -0.3 is 14.8 Å². The van der Waals surface area contributed by atoms with Crippen LogP contribution in [0.25, 0.3) is 0 Å². The molecule has 0 fully saturated rings. The lowest BCUT2D eigenvalue weighted by Crippen LogP contribution is -2.35. The summed E-state index contributed by atoms with van der Waals surface area (Å²) in [5.41, 5.74) is 1.96. The molecule has 1 aliphatic heterocycles. The number of para-hydroxylation sites is 2. The maximum Gasteiger partial charge on any atom is 0.0892 e. The Kier molecular flexibility index (Phi) is 4.04. The van der Waals surface area contributed by atoms with Crippen LogP contribution in [0.3, 0.4) is 0 Å². The molecule has 5 heteroatoms. The van der Waals surface area contributed by atoms with Gasteiger partial charge in [-0.3, -0.25) is 0 Å². The molecule has 0 atom stereocenters. The van der Waals surface area contributed by atoms with Crippen molar-refractivity contribution >= 4 is 22.2 Å². The summed E-state index contributed by atoms with van der Waals surface area (Å²) in [7, 11) is 2.18. The Bertz CT molecular complexity index is 660. The minimum absolute atomic E-state index is 0.289. The molecule has 22 heavy (non-hydrogen) atoms. The molecule has 0 aromatic heterocycles. The Hall–Kier alpha value is -1.69. The summed E-state index contributed by atoms with van der Waals surface area (Å²) in [4.78, 5) is 3.87. The Morgan fingerprint density at radius 1 is 1.00 bits per heavy atom. The van der Waals surface area contributed by atoms with Crippen LogP contribution in [0.15, 0.2) is 58.3 Å². The maximum atomic E-state index is 12.7. The van der Waals surface area contributed by atoms with E-state index in [-0.39, 0.29) is 4.65 Å². The first kappa shape index (κ1) is 15.2.